The number of para-hydroxylation sites is 2. The zero-order valence-corrected chi connectivity index (χ0v) is 19.3. The molecule has 0 amide bonds. The van der Waals surface area contributed by atoms with Crippen LogP contribution in [0.15, 0.2) is 70.4 Å². The van der Waals surface area contributed by atoms with Crippen molar-refractivity contribution in [2.45, 2.75) is 11.1 Å². The molecular formula is C22H17F3N2O5S2. The van der Waals surface area contributed by atoms with E-state index in [9.17, 15) is 26.4 Å². The Hall–Kier alpha value is -3.51. The van der Waals surface area contributed by atoms with Crippen molar-refractivity contribution in [3.05, 3.63) is 75.8 Å². The molecule has 0 saturated heterocycles. The second kappa shape index (κ2) is 8.69. The quantitative estimate of drug-likeness (QED) is 0.384. The smallest absolute Gasteiger partial charge is 0.416 e. The second-order valence-corrected chi connectivity index (χ2v) is 9.91. The monoisotopic (exact) mass is 510 g/mol. The van der Waals surface area contributed by atoms with Crippen LogP contribution in [0.3, 0.4) is 0 Å². The summed E-state index contributed by atoms with van der Waals surface area (Å²) in [5, 5.41) is 0.185. The van der Waals surface area contributed by atoms with Crippen molar-refractivity contribution in [1.29, 1.82) is 0 Å². The van der Waals surface area contributed by atoms with Crippen LogP contribution in [0.4, 0.5) is 18.9 Å². The summed E-state index contributed by atoms with van der Waals surface area (Å²) in [6, 6.07) is 12.8. The van der Waals surface area contributed by atoms with Gasteiger partial charge in [0.15, 0.2) is 17.2 Å². The van der Waals surface area contributed by atoms with Crippen LogP contribution >= 0.6 is 11.5 Å². The van der Waals surface area contributed by atoms with Gasteiger partial charge in [0, 0.05) is 7.05 Å². The number of nitrogens with zero attached hydrogens (tertiary/aromatic N) is 1. The molecule has 178 valence electrons. The average Bonchev–Trinajstić information content (AvgIpc) is 3.07. The number of benzene rings is 3. The molecule has 1 aromatic heterocycles. The number of alkyl halides is 3. The molecule has 0 aliphatic rings. The highest BCUT2D eigenvalue weighted by atomic mass is 32.2. The molecule has 0 spiro atoms. The predicted octanol–water partition coefficient (Wildman–Crippen LogP) is 5.22. The van der Waals surface area contributed by atoms with Crippen LogP contribution in [0.1, 0.15) is 5.56 Å². The van der Waals surface area contributed by atoms with Gasteiger partial charge in [-0.1, -0.05) is 12.1 Å². The highest BCUT2D eigenvalue weighted by molar-refractivity contribution is 7.92. The minimum absolute atomic E-state index is 0.173. The standard InChI is InChI=1S/C22H17F3N2O5S2/c1-27-17-9-8-14(12-15(17)21(28)33-27)34(29,30)26-16-11-13(22(23,24)25)7-10-18(16)32-20-6-4-3-5-19(20)31-2/h3-12,26H,1-2H3. The molecule has 7 nitrogen and oxygen atoms in total. The number of ether oxygens (including phenoxy) is 2. The van der Waals surface area contributed by atoms with Gasteiger partial charge >= 0.3 is 6.18 Å². The first-order chi connectivity index (χ1) is 16.0. The summed E-state index contributed by atoms with van der Waals surface area (Å²) < 4.78 is 80.5. The lowest BCUT2D eigenvalue weighted by Gasteiger charge is -2.17. The molecule has 3 aromatic carbocycles. The average molecular weight is 511 g/mol. The molecule has 0 aliphatic heterocycles. The summed E-state index contributed by atoms with van der Waals surface area (Å²) in [4.78, 5) is 11.9. The van der Waals surface area contributed by atoms with E-state index in [0.29, 0.717) is 17.3 Å². The summed E-state index contributed by atoms with van der Waals surface area (Å²) in [5.41, 5.74) is -0.966. The number of methoxy groups -OCH3 is 1. The Labute approximate surface area is 196 Å². The first kappa shape index (κ1) is 23.6. The molecule has 0 bridgehead atoms. The fourth-order valence-electron chi connectivity index (χ4n) is 3.24. The van der Waals surface area contributed by atoms with Crippen molar-refractivity contribution in [3.63, 3.8) is 0 Å². The maximum Gasteiger partial charge on any atom is 0.416 e. The molecule has 0 unspecified atom stereocenters. The number of aryl methyl sites for hydroxylation is 1. The van der Waals surface area contributed by atoms with Gasteiger partial charge < -0.3 is 9.47 Å². The van der Waals surface area contributed by atoms with Crippen LogP contribution in [-0.4, -0.2) is 19.5 Å². The minimum atomic E-state index is -4.72. The van der Waals surface area contributed by atoms with E-state index in [2.05, 4.69) is 4.72 Å². The highest BCUT2D eigenvalue weighted by Gasteiger charge is 2.32. The van der Waals surface area contributed by atoms with Gasteiger partial charge in [-0.25, -0.2) is 8.42 Å². The maximum absolute atomic E-state index is 13.3. The van der Waals surface area contributed by atoms with Crippen LogP contribution in [0, 0.1) is 0 Å². The van der Waals surface area contributed by atoms with E-state index in [4.69, 9.17) is 9.47 Å². The highest BCUT2D eigenvalue weighted by Crippen LogP contribution is 2.39. The normalized spacial score (nSPS) is 12.0. The van der Waals surface area contributed by atoms with Gasteiger partial charge in [-0.15, -0.1) is 0 Å². The number of nitrogens with one attached hydrogen (secondary N) is 1. The molecule has 0 fully saturated rings. The Morgan fingerprint density at radius 3 is 2.35 bits per heavy atom. The van der Waals surface area contributed by atoms with Crippen LogP contribution in [-0.2, 0) is 23.2 Å². The van der Waals surface area contributed by atoms with Crippen molar-refractivity contribution in [2.75, 3.05) is 11.8 Å². The van der Waals surface area contributed by atoms with Gasteiger partial charge in [0.25, 0.3) is 14.8 Å². The lowest BCUT2D eigenvalue weighted by molar-refractivity contribution is -0.137. The van der Waals surface area contributed by atoms with Gasteiger partial charge in [-0.3, -0.25) is 13.5 Å². The number of sulfonamides is 1. The van der Waals surface area contributed by atoms with Crippen molar-refractivity contribution in [1.82, 2.24) is 3.96 Å². The molecule has 0 radical (unpaired) electrons. The summed E-state index contributed by atoms with van der Waals surface area (Å²) >= 11 is 0.907. The molecule has 4 aromatic rings. The molecule has 0 saturated carbocycles. The summed E-state index contributed by atoms with van der Waals surface area (Å²) in [6.45, 7) is 0. The molecule has 1 heterocycles. The van der Waals surface area contributed by atoms with Crippen LogP contribution in [0.25, 0.3) is 10.9 Å². The van der Waals surface area contributed by atoms with Crippen molar-refractivity contribution in [2.24, 2.45) is 7.05 Å². The van der Waals surface area contributed by atoms with E-state index >= 15 is 0 Å². The van der Waals surface area contributed by atoms with Crippen molar-refractivity contribution >= 4 is 38.1 Å². The third-order valence-electron chi connectivity index (χ3n) is 4.90. The number of aromatic nitrogens is 1. The Morgan fingerprint density at radius 1 is 0.971 bits per heavy atom. The third kappa shape index (κ3) is 4.59. The van der Waals surface area contributed by atoms with E-state index in [-0.39, 0.29) is 26.5 Å². The molecule has 34 heavy (non-hydrogen) atoms. The van der Waals surface area contributed by atoms with Crippen molar-refractivity contribution in [3.8, 4) is 17.2 Å². The first-order valence-electron chi connectivity index (χ1n) is 9.64. The number of hydrogen-bond acceptors (Lipinski definition) is 6. The summed E-state index contributed by atoms with van der Waals surface area (Å²) in [6.07, 6.45) is -4.72. The largest absolute Gasteiger partial charge is 0.493 e. The van der Waals surface area contributed by atoms with Crippen LogP contribution < -0.4 is 18.9 Å². The van der Waals surface area contributed by atoms with E-state index in [1.165, 1.54) is 31.4 Å². The van der Waals surface area contributed by atoms with Crippen LogP contribution in [0.2, 0.25) is 0 Å². The van der Waals surface area contributed by atoms with Gasteiger partial charge in [0.1, 0.15) is 0 Å². The molecule has 0 atom stereocenters. The zero-order chi connectivity index (χ0) is 24.7. The fraction of sp³-hybridized carbons (Fsp3) is 0.136. The Bertz CT molecular complexity index is 1540. The number of anilines is 1. The lowest BCUT2D eigenvalue weighted by atomic mass is 10.2. The molecule has 0 aliphatic carbocycles. The van der Waals surface area contributed by atoms with Gasteiger partial charge in [0.05, 0.1) is 34.2 Å². The Morgan fingerprint density at radius 2 is 1.68 bits per heavy atom. The molecule has 1 N–H and O–H groups in total. The van der Waals surface area contributed by atoms with E-state index in [1.54, 1.807) is 29.2 Å². The minimum Gasteiger partial charge on any atom is -0.493 e. The lowest BCUT2D eigenvalue weighted by Crippen LogP contribution is -2.15. The van der Waals surface area contributed by atoms with Gasteiger partial charge in [-0.2, -0.15) is 13.2 Å². The Balaban J connectivity index is 1.78. The predicted molar refractivity (Wildman–Crippen MR) is 122 cm³/mol. The van der Waals surface area contributed by atoms with E-state index < -0.39 is 27.5 Å². The fourth-order valence-corrected chi connectivity index (χ4v) is 5.10. The SMILES string of the molecule is COc1ccccc1Oc1ccc(C(F)(F)F)cc1NS(=O)(=O)c1ccc2c(c1)c(=O)sn2C. The summed E-state index contributed by atoms with van der Waals surface area (Å²) in [5.74, 6) is 0.303. The third-order valence-corrected chi connectivity index (χ3v) is 7.12. The topological polar surface area (TPSA) is 86.6 Å². The molecule has 12 heteroatoms. The van der Waals surface area contributed by atoms with E-state index in [1.807, 2.05) is 0 Å². The number of hydrogen-bond donors (Lipinski definition) is 1. The first-order valence-corrected chi connectivity index (χ1v) is 11.9. The number of halogens is 3. The summed E-state index contributed by atoms with van der Waals surface area (Å²) in [7, 11) is -1.33. The van der Waals surface area contributed by atoms with Crippen molar-refractivity contribution < 1.29 is 31.1 Å². The van der Waals surface area contributed by atoms with Gasteiger partial charge in [0.2, 0.25) is 0 Å². The van der Waals surface area contributed by atoms with Gasteiger partial charge in [-0.05, 0) is 60.1 Å². The number of rotatable bonds is 6. The Kier molecular flexibility index (Phi) is 6.04. The maximum atomic E-state index is 13.3. The second-order valence-electron chi connectivity index (χ2n) is 7.12. The van der Waals surface area contributed by atoms with E-state index in [0.717, 1.165) is 23.7 Å². The zero-order valence-electron chi connectivity index (χ0n) is 17.7. The van der Waals surface area contributed by atoms with Crippen LogP contribution in [0.5, 0.6) is 17.2 Å². The molecular weight excluding hydrogens is 493 g/mol. The number of fused-ring (bicyclic) bond motifs is 1. The molecule has 4 rings (SSSR count).